The molecular formula is C11H13Cl2NO4S. The molecule has 106 valence electrons. The molecule has 0 fully saturated rings. The number of halogens is 2. The molecule has 1 rings (SSSR count). The van der Waals surface area contributed by atoms with E-state index in [-0.39, 0.29) is 27.9 Å². The van der Waals surface area contributed by atoms with Crippen molar-refractivity contribution in [2.75, 3.05) is 6.54 Å². The topological polar surface area (TPSA) is 83.5 Å². The van der Waals surface area contributed by atoms with Gasteiger partial charge in [-0.1, -0.05) is 36.2 Å². The Morgan fingerprint density at radius 2 is 1.89 bits per heavy atom. The van der Waals surface area contributed by atoms with Crippen LogP contribution in [0.4, 0.5) is 0 Å². The number of aliphatic carboxylic acids is 1. The van der Waals surface area contributed by atoms with E-state index in [0.29, 0.717) is 0 Å². The normalized spacial score (nSPS) is 13.2. The van der Waals surface area contributed by atoms with Crippen LogP contribution in [0.15, 0.2) is 23.1 Å². The van der Waals surface area contributed by atoms with E-state index in [9.17, 15) is 13.2 Å². The smallest absolute Gasteiger partial charge is 0.306 e. The van der Waals surface area contributed by atoms with Crippen LogP contribution in [-0.4, -0.2) is 26.0 Å². The van der Waals surface area contributed by atoms with Crippen molar-refractivity contribution in [3.63, 3.8) is 0 Å². The zero-order valence-electron chi connectivity index (χ0n) is 10.1. The summed E-state index contributed by atoms with van der Waals surface area (Å²) in [6.45, 7) is 1.50. The molecule has 1 aromatic rings. The number of carboxylic acids is 1. The predicted octanol–water partition coefficient (Wildman–Crippen LogP) is 2.38. The molecule has 0 aromatic heterocycles. The number of nitrogens with one attached hydrogen (secondary N) is 1. The molecule has 0 aliphatic heterocycles. The van der Waals surface area contributed by atoms with Crippen molar-refractivity contribution in [2.24, 2.45) is 5.92 Å². The van der Waals surface area contributed by atoms with Crippen molar-refractivity contribution in [2.45, 2.75) is 18.2 Å². The molecule has 1 atom stereocenters. The minimum atomic E-state index is -3.85. The van der Waals surface area contributed by atoms with E-state index in [4.69, 9.17) is 28.3 Å². The average Bonchev–Trinajstić information content (AvgIpc) is 2.27. The Morgan fingerprint density at radius 3 is 2.37 bits per heavy atom. The van der Waals surface area contributed by atoms with E-state index in [1.54, 1.807) is 0 Å². The fourth-order valence-corrected chi connectivity index (χ4v) is 3.53. The van der Waals surface area contributed by atoms with Crippen LogP contribution < -0.4 is 4.72 Å². The van der Waals surface area contributed by atoms with Gasteiger partial charge in [0.1, 0.15) is 4.90 Å². The second-order valence-corrected chi connectivity index (χ2v) is 6.49. The van der Waals surface area contributed by atoms with Crippen molar-refractivity contribution >= 4 is 39.2 Å². The molecule has 0 spiro atoms. The Bertz CT molecular complexity index is 554. The van der Waals surface area contributed by atoms with Crippen LogP contribution in [0.3, 0.4) is 0 Å². The summed E-state index contributed by atoms with van der Waals surface area (Å²) in [4.78, 5) is 10.4. The number of carboxylic acid groups (broad SMARTS) is 1. The summed E-state index contributed by atoms with van der Waals surface area (Å²) in [7, 11) is -3.85. The van der Waals surface area contributed by atoms with Crippen LogP contribution in [0, 0.1) is 5.92 Å². The van der Waals surface area contributed by atoms with Gasteiger partial charge < -0.3 is 5.11 Å². The summed E-state index contributed by atoms with van der Waals surface area (Å²) >= 11 is 11.6. The van der Waals surface area contributed by atoms with Gasteiger partial charge in [-0.2, -0.15) is 0 Å². The maximum Gasteiger partial charge on any atom is 0.306 e. The molecule has 0 heterocycles. The quantitative estimate of drug-likeness (QED) is 0.841. The Hall–Kier alpha value is -0.820. The first-order valence-electron chi connectivity index (χ1n) is 5.42. The summed E-state index contributed by atoms with van der Waals surface area (Å²) in [5, 5.41) is 8.74. The molecule has 0 saturated heterocycles. The molecule has 0 bridgehead atoms. The van der Waals surface area contributed by atoms with E-state index in [2.05, 4.69) is 4.72 Å². The Kier molecular flexibility index (Phi) is 5.61. The summed E-state index contributed by atoms with van der Waals surface area (Å²) in [6.07, 6.45) is 0.177. The molecule has 8 heteroatoms. The van der Waals surface area contributed by atoms with Gasteiger partial charge in [0.25, 0.3) is 0 Å². The number of carbonyl (C=O) groups is 1. The van der Waals surface area contributed by atoms with Crippen LogP contribution in [0.1, 0.15) is 13.3 Å². The maximum absolute atomic E-state index is 12.0. The lowest BCUT2D eigenvalue weighted by molar-refractivity contribution is -0.141. The summed E-state index contributed by atoms with van der Waals surface area (Å²) in [5.74, 6) is -1.61. The van der Waals surface area contributed by atoms with Gasteiger partial charge in [-0.25, -0.2) is 13.1 Å². The van der Waals surface area contributed by atoms with Crippen LogP contribution in [0.2, 0.25) is 10.0 Å². The summed E-state index contributed by atoms with van der Waals surface area (Å²) < 4.78 is 26.3. The predicted molar refractivity (Wildman–Crippen MR) is 73.1 cm³/mol. The van der Waals surface area contributed by atoms with Crippen LogP contribution >= 0.6 is 23.2 Å². The maximum atomic E-state index is 12.0. The molecule has 1 unspecified atom stereocenters. The van der Waals surface area contributed by atoms with Gasteiger partial charge in [0, 0.05) is 6.54 Å². The highest BCUT2D eigenvalue weighted by Gasteiger charge is 2.21. The van der Waals surface area contributed by atoms with Gasteiger partial charge in [0.2, 0.25) is 10.0 Å². The van der Waals surface area contributed by atoms with Gasteiger partial charge in [0.15, 0.2) is 0 Å². The van der Waals surface area contributed by atoms with E-state index < -0.39 is 21.9 Å². The van der Waals surface area contributed by atoms with E-state index >= 15 is 0 Å². The van der Waals surface area contributed by atoms with Gasteiger partial charge in [-0.3, -0.25) is 4.79 Å². The van der Waals surface area contributed by atoms with Gasteiger partial charge in [0.05, 0.1) is 16.0 Å². The fourth-order valence-electron chi connectivity index (χ4n) is 1.34. The van der Waals surface area contributed by atoms with Gasteiger partial charge in [-0.15, -0.1) is 0 Å². The van der Waals surface area contributed by atoms with Gasteiger partial charge in [-0.05, 0) is 18.6 Å². The first kappa shape index (κ1) is 16.2. The second kappa shape index (κ2) is 6.56. The molecule has 0 aliphatic carbocycles. The van der Waals surface area contributed by atoms with Crippen LogP contribution in [0.25, 0.3) is 0 Å². The van der Waals surface area contributed by atoms with Crippen molar-refractivity contribution in [3.05, 3.63) is 28.2 Å². The molecule has 0 aliphatic rings. The highest BCUT2D eigenvalue weighted by atomic mass is 35.5. The SMILES string of the molecule is CC(CCNS(=O)(=O)c1c(Cl)cccc1Cl)C(=O)O. The Labute approximate surface area is 121 Å². The first-order valence-corrected chi connectivity index (χ1v) is 7.66. The van der Waals surface area contributed by atoms with E-state index in [1.807, 2.05) is 0 Å². The molecule has 5 nitrogen and oxygen atoms in total. The molecule has 0 amide bonds. The number of sulfonamides is 1. The third kappa shape index (κ3) is 4.35. The minimum absolute atomic E-state index is 0.00263. The number of hydrogen-bond acceptors (Lipinski definition) is 3. The highest BCUT2D eigenvalue weighted by molar-refractivity contribution is 7.89. The van der Waals surface area contributed by atoms with Crippen molar-refractivity contribution in [3.8, 4) is 0 Å². The van der Waals surface area contributed by atoms with Crippen molar-refractivity contribution < 1.29 is 18.3 Å². The standard InChI is InChI=1S/C11H13Cl2NO4S/c1-7(11(15)16)5-6-14-19(17,18)10-8(12)3-2-4-9(10)13/h2-4,7,14H,5-6H2,1H3,(H,15,16). The van der Waals surface area contributed by atoms with E-state index in [1.165, 1.54) is 25.1 Å². The molecule has 19 heavy (non-hydrogen) atoms. The first-order chi connectivity index (χ1) is 8.75. The highest BCUT2D eigenvalue weighted by Crippen LogP contribution is 2.28. The minimum Gasteiger partial charge on any atom is -0.481 e. The largest absolute Gasteiger partial charge is 0.481 e. The third-order valence-corrected chi connectivity index (χ3v) is 4.89. The van der Waals surface area contributed by atoms with Crippen LogP contribution in [0.5, 0.6) is 0 Å². The Balaban J connectivity index is 2.80. The summed E-state index contributed by atoms with van der Waals surface area (Å²) in [5.41, 5.74) is 0. The average molecular weight is 326 g/mol. The lowest BCUT2D eigenvalue weighted by atomic mass is 10.1. The molecular weight excluding hydrogens is 313 g/mol. The lowest BCUT2D eigenvalue weighted by Gasteiger charge is -2.11. The number of hydrogen-bond donors (Lipinski definition) is 2. The molecule has 2 N–H and O–H groups in total. The number of rotatable bonds is 6. The second-order valence-electron chi connectivity index (χ2n) is 3.98. The summed E-state index contributed by atoms with van der Waals surface area (Å²) in [6, 6.07) is 4.37. The van der Waals surface area contributed by atoms with E-state index in [0.717, 1.165) is 0 Å². The Morgan fingerprint density at radius 1 is 1.37 bits per heavy atom. The van der Waals surface area contributed by atoms with Gasteiger partial charge >= 0.3 is 5.97 Å². The zero-order chi connectivity index (χ0) is 14.6. The fraction of sp³-hybridized carbons (Fsp3) is 0.364. The lowest BCUT2D eigenvalue weighted by Crippen LogP contribution is -2.27. The zero-order valence-corrected chi connectivity index (χ0v) is 12.4. The number of benzene rings is 1. The third-order valence-electron chi connectivity index (χ3n) is 2.48. The van der Waals surface area contributed by atoms with Crippen LogP contribution in [-0.2, 0) is 14.8 Å². The monoisotopic (exact) mass is 325 g/mol. The molecule has 1 aromatic carbocycles. The molecule has 0 saturated carbocycles. The van der Waals surface area contributed by atoms with Crippen molar-refractivity contribution in [1.82, 2.24) is 4.72 Å². The molecule has 0 radical (unpaired) electrons. The van der Waals surface area contributed by atoms with Crippen molar-refractivity contribution in [1.29, 1.82) is 0 Å².